The molecule has 0 heterocycles. The van der Waals surface area contributed by atoms with Crippen molar-refractivity contribution in [3.05, 3.63) is 83.4 Å². The molecular weight excluding hydrogens is 340 g/mol. The van der Waals surface area contributed by atoms with Crippen molar-refractivity contribution < 1.29 is 20.1 Å². The number of aliphatic hydroxyl groups excluding tert-OH is 1. The first-order chi connectivity index (χ1) is 13.1. The molecule has 3 aromatic carbocycles. The van der Waals surface area contributed by atoms with Crippen LogP contribution in [0.2, 0.25) is 0 Å². The number of rotatable bonds is 4. The second-order valence-corrected chi connectivity index (χ2v) is 7.03. The standard InChI is InChI=1S/C23H22O4/c1-27-15-23(26)19-9-5-3-7-17(19)12-13-22(23,14-24)20-11-10-16-6-2-4-8-18(16)21(20)25/h2-13,24-26H,14-15H2,1H3/t22?,23-/m0/s1. The minimum Gasteiger partial charge on any atom is -0.507 e. The first-order valence-corrected chi connectivity index (χ1v) is 8.89. The normalized spacial score (nSPS) is 24.1. The number of phenols is 1. The Morgan fingerprint density at radius 1 is 0.926 bits per heavy atom. The predicted octanol–water partition coefficient (Wildman–Crippen LogP) is 3.34. The van der Waals surface area contributed by atoms with Gasteiger partial charge in [0.05, 0.1) is 18.6 Å². The van der Waals surface area contributed by atoms with Crippen LogP contribution < -0.4 is 0 Å². The summed E-state index contributed by atoms with van der Waals surface area (Å²) in [7, 11) is 1.52. The SMILES string of the molecule is COC[C@]1(O)c2ccccc2C=CC1(CO)c1ccc2ccccc2c1O. The summed E-state index contributed by atoms with van der Waals surface area (Å²) in [5.41, 5.74) is -0.792. The molecule has 0 fully saturated rings. The van der Waals surface area contributed by atoms with Crippen LogP contribution in [0.4, 0.5) is 0 Å². The Kier molecular flexibility index (Phi) is 4.27. The van der Waals surface area contributed by atoms with Gasteiger partial charge in [0, 0.05) is 18.1 Å². The predicted molar refractivity (Wildman–Crippen MR) is 106 cm³/mol. The summed E-state index contributed by atoms with van der Waals surface area (Å²) in [6.45, 7) is -0.412. The number of methoxy groups -OCH3 is 1. The Bertz CT molecular complexity index is 1030. The van der Waals surface area contributed by atoms with Crippen LogP contribution in [0.25, 0.3) is 16.8 Å². The number of benzene rings is 3. The van der Waals surface area contributed by atoms with Crippen molar-refractivity contribution in [2.24, 2.45) is 0 Å². The maximum atomic E-state index is 11.8. The van der Waals surface area contributed by atoms with E-state index in [1.54, 1.807) is 12.1 Å². The smallest absolute Gasteiger partial charge is 0.129 e. The molecule has 4 rings (SSSR count). The molecule has 1 unspecified atom stereocenters. The van der Waals surface area contributed by atoms with E-state index in [9.17, 15) is 15.3 Å². The molecular formula is C23H22O4. The minimum atomic E-state index is -1.54. The molecule has 3 N–H and O–H groups in total. The maximum absolute atomic E-state index is 11.8. The van der Waals surface area contributed by atoms with Crippen molar-refractivity contribution in [2.45, 2.75) is 11.0 Å². The van der Waals surface area contributed by atoms with Gasteiger partial charge in [-0.3, -0.25) is 0 Å². The molecule has 0 saturated heterocycles. The summed E-state index contributed by atoms with van der Waals surface area (Å²) in [4.78, 5) is 0. The van der Waals surface area contributed by atoms with Crippen molar-refractivity contribution >= 4 is 16.8 Å². The quantitative estimate of drug-likeness (QED) is 0.666. The van der Waals surface area contributed by atoms with E-state index >= 15 is 0 Å². The highest BCUT2D eigenvalue weighted by Gasteiger charge is 2.54. The number of aromatic hydroxyl groups is 1. The van der Waals surface area contributed by atoms with Crippen LogP contribution in [0.3, 0.4) is 0 Å². The summed E-state index contributed by atoms with van der Waals surface area (Å²) in [6, 6.07) is 18.7. The summed E-state index contributed by atoms with van der Waals surface area (Å²) < 4.78 is 5.37. The second kappa shape index (κ2) is 6.50. The lowest BCUT2D eigenvalue weighted by molar-refractivity contribution is -0.0970. The van der Waals surface area contributed by atoms with Gasteiger partial charge in [0.1, 0.15) is 11.4 Å². The molecule has 4 heteroatoms. The van der Waals surface area contributed by atoms with E-state index in [2.05, 4.69) is 0 Å². The zero-order valence-corrected chi connectivity index (χ0v) is 15.1. The molecule has 0 amide bonds. The van der Waals surface area contributed by atoms with E-state index in [1.807, 2.05) is 60.7 Å². The van der Waals surface area contributed by atoms with Crippen molar-refractivity contribution in [1.29, 1.82) is 0 Å². The average Bonchev–Trinajstić information content (AvgIpc) is 2.70. The summed E-state index contributed by atoms with van der Waals surface area (Å²) in [5.74, 6) is 0.0562. The molecule has 27 heavy (non-hydrogen) atoms. The highest BCUT2D eigenvalue weighted by atomic mass is 16.5. The Morgan fingerprint density at radius 3 is 2.44 bits per heavy atom. The second-order valence-electron chi connectivity index (χ2n) is 7.03. The van der Waals surface area contributed by atoms with Gasteiger partial charge in [-0.2, -0.15) is 0 Å². The van der Waals surface area contributed by atoms with Crippen LogP contribution in [-0.2, 0) is 15.8 Å². The summed E-state index contributed by atoms with van der Waals surface area (Å²) in [5, 5.41) is 35.0. The largest absolute Gasteiger partial charge is 0.507 e. The fraction of sp³-hybridized carbons (Fsp3) is 0.217. The van der Waals surface area contributed by atoms with Gasteiger partial charge < -0.3 is 20.1 Å². The third-order valence-electron chi connectivity index (χ3n) is 5.68. The minimum absolute atomic E-state index is 0.0266. The third kappa shape index (κ3) is 2.42. The Labute approximate surface area is 158 Å². The Balaban J connectivity index is 2.03. The molecule has 0 saturated carbocycles. The highest BCUT2D eigenvalue weighted by molar-refractivity contribution is 5.90. The molecule has 4 nitrogen and oxygen atoms in total. The molecule has 0 aliphatic heterocycles. The zero-order valence-electron chi connectivity index (χ0n) is 15.1. The first-order valence-electron chi connectivity index (χ1n) is 8.89. The van der Waals surface area contributed by atoms with Gasteiger partial charge in [-0.15, -0.1) is 0 Å². The van der Waals surface area contributed by atoms with Gasteiger partial charge in [-0.25, -0.2) is 0 Å². The fourth-order valence-corrected chi connectivity index (χ4v) is 4.24. The topological polar surface area (TPSA) is 69.9 Å². The molecule has 3 aromatic rings. The highest BCUT2D eigenvalue weighted by Crippen LogP contribution is 2.51. The van der Waals surface area contributed by atoms with Crippen LogP contribution in [0, 0.1) is 0 Å². The number of ether oxygens (including phenoxy) is 1. The van der Waals surface area contributed by atoms with Crippen LogP contribution in [0.5, 0.6) is 5.75 Å². The van der Waals surface area contributed by atoms with E-state index in [0.717, 1.165) is 10.9 Å². The summed E-state index contributed by atoms with van der Waals surface area (Å²) >= 11 is 0. The number of aliphatic hydroxyl groups is 2. The van der Waals surface area contributed by atoms with E-state index in [-0.39, 0.29) is 19.0 Å². The van der Waals surface area contributed by atoms with Gasteiger partial charge in [0.25, 0.3) is 0 Å². The van der Waals surface area contributed by atoms with Crippen molar-refractivity contribution in [1.82, 2.24) is 0 Å². The molecule has 0 radical (unpaired) electrons. The van der Waals surface area contributed by atoms with Crippen molar-refractivity contribution in [3.8, 4) is 5.75 Å². The van der Waals surface area contributed by atoms with Crippen molar-refractivity contribution in [2.75, 3.05) is 20.3 Å². The number of fused-ring (bicyclic) bond motifs is 2. The van der Waals surface area contributed by atoms with Crippen LogP contribution >= 0.6 is 0 Å². The molecule has 2 atom stereocenters. The van der Waals surface area contributed by atoms with Gasteiger partial charge >= 0.3 is 0 Å². The summed E-state index contributed by atoms with van der Waals surface area (Å²) in [6.07, 6.45) is 3.66. The van der Waals surface area contributed by atoms with E-state index in [0.29, 0.717) is 16.5 Å². The monoisotopic (exact) mass is 362 g/mol. The molecule has 0 aromatic heterocycles. The number of hydrogen-bond acceptors (Lipinski definition) is 4. The number of phenolic OH excluding ortho intramolecular Hbond substituents is 1. The van der Waals surface area contributed by atoms with Gasteiger partial charge in [0.2, 0.25) is 0 Å². The van der Waals surface area contributed by atoms with E-state index < -0.39 is 11.0 Å². The van der Waals surface area contributed by atoms with Crippen LogP contribution in [-0.4, -0.2) is 35.6 Å². The molecule has 1 aliphatic carbocycles. The molecule has 0 bridgehead atoms. The Morgan fingerprint density at radius 2 is 1.67 bits per heavy atom. The van der Waals surface area contributed by atoms with E-state index in [1.165, 1.54) is 7.11 Å². The van der Waals surface area contributed by atoms with Crippen LogP contribution in [0.1, 0.15) is 16.7 Å². The number of hydrogen-bond donors (Lipinski definition) is 3. The lowest BCUT2D eigenvalue weighted by Gasteiger charge is -2.47. The van der Waals surface area contributed by atoms with Gasteiger partial charge in [0.15, 0.2) is 0 Å². The lowest BCUT2D eigenvalue weighted by Crippen LogP contribution is -2.55. The van der Waals surface area contributed by atoms with Gasteiger partial charge in [-0.1, -0.05) is 72.8 Å². The molecule has 138 valence electrons. The maximum Gasteiger partial charge on any atom is 0.129 e. The lowest BCUT2D eigenvalue weighted by atomic mass is 9.61. The van der Waals surface area contributed by atoms with Crippen LogP contribution in [0.15, 0.2) is 66.7 Å². The van der Waals surface area contributed by atoms with Crippen molar-refractivity contribution in [3.63, 3.8) is 0 Å². The third-order valence-corrected chi connectivity index (χ3v) is 5.68. The van der Waals surface area contributed by atoms with E-state index in [4.69, 9.17) is 4.74 Å². The zero-order chi connectivity index (χ0) is 19.1. The average molecular weight is 362 g/mol. The molecule has 1 aliphatic rings. The molecule has 0 spiro atoms. The first kappa shape index (κ1) is 17.7. The van der Waals surface area contributed by atoms with Gasteiger partial charge in [-0.05, 0) is 16.5 Å². The fourth-order valence-electron chi connectivity index (χ4n) is 4.24. The Hall–Kier alpha value is -2.66.